The Balaban J connectivity index is 2.11. The average molecular weight is 94.2 g/mol. The van der Waals surface area contributed by atoms with E-state index in [0.717, 1.165) is 11.8 Å². The molecule has 0 amide bonds. The van der Waals surface area contributed by atoms with Crippen molar-refractivity contribution in [2.45, 2.75) is 20.3 Å². The first-order valence-corrected chi connectivity index (χ1v) is 3.09. The zero-order valence-corrected chi connectivity index (χ0v) is 4.86. The van der Waals surface area contributed by atoms with Crippen LogP contribution in [0.5, 0.6) is 0 Å². The van der Waals surface area contributed by atoms with Gasteiger partial charge in [0, 0.05) is 5.92 Å². The van der Waals surface area contributed by atoms with Crippen molar-refractivity contribution in [3.05, 3.63) is 11.1 Å². The van der Waals surface area contributed by atoms with Crippen LogP contribution in [0.4, 0.5) is 0 Å². The Hall–Kier alpha value is -0.260. The van der Waals surface area contributed by atoms with E-state index in [4.69, 9.17) is 0 Å². The second-order valence-corrected chi connectivity index (χ2v) is 2.60. The monoisotopic (exact) mass is 94.1 g/mol. The van der Waals surface area contributed by atoms with Crippen molar-refractivity contribution >= 4 is 0 Å². The van der Waals surface area contributed by atoms with Gasteiger partial charge in [-0.1, -0.05) is 25.0 Å². The topological polar surface area (TPSA) is 0 Å². The lowest BCUT2D eigenvalue weighted by molar-refractivity contribution is 0.813. The first-order chi connectivity index (χ1) is 3.36. The smallest absolute Gasteiger partial charge is 0.00789 e. The molecule has 0 bridgehead atoms. The van der Waals surface area contributed by atoms with E-state index in [2.05, 4.69) is 13.8 Å². The van der Waals surface area contributed by atoms with Crippen LogP contribution in [0.2, 0.25) is 0 Å². The fourth-order valence-electron chi connectivity index (χ4n) is 1.62. The summed E-state index contributed by atoms with van der Waals surface area (Å²) < 4.78 is 0. The van der Waals surface area contributed by atoms with Gasteiger partial charge in [0.2, 0.25) is 0 Å². The Morgan fingerprint density at radius 3 is 2.29 bits per heavy atom. The quantitative estimate of drug-likeness (QED) is 0.436. The molecule has 2 rings (SSSR count). The van der Waals surface area contributed by atoms with Crippen LogP contribution in [0, 0.1) is 11.8 Å². The molecule has 0 aliphatic heterocycles. The van der Waals surface area contributed by atoms with Gasteiger partial charge in [0.25, 0.3) is 0 Å². The summed E-state index contributed by atoms with van der Waals surface area (Å²) in [7, 11) is 0. The standard InChI is InChI=1S/C7H10/c1-3-5-6-4(2)7(5)6/h4,6H,3H2,1-2H3. The lowest BCUT2D eigenvalue weighted by Gasteiger charge is -1.90. The number of rotatable bonds is 1. The summed E-state index contributed by atoms with van der Waals surface area (Å²) in [6.45, 7) is 4.57. The van der Waals surface area contributed by atoms with Crippen LogP contribution in [-0.4, -0.2) is 0 Å². The molecule has 0 aromatic heterocycles. The van der Waals surface area contributed by atoms with Gasteiger partial charge in [0.1, 0.15) is 0 Å². The predicted octanol–water partition coefficient (Wildman–Crippen LogP) is 1.97. The maximum atomic E-state index is 2.32. The molecule has 7 heavy (non-hydrogen) atoms. The van der Waals surface area contributed by atoms with Gasteiger partial charge in [0.05, 0.1) is 0 Å². The molecule has 2 aliphatic carbocycles. The highest BCUT2D eigenvalue weighted by Gasteiger charge is 2.56. The molecule has 2 atom stereocenters. The van der Waals surface area contributed by atoms with Crippen LogP contribution in [0.1, 0.15) is 20.3 Å². The first kappa shape index (κ1) is 3.71. The van der Waals surface area contributed by atoms with Gasteiger partial charge in [-0.15, -0.1) is 0 Å². The number of fused-ring (bicyclic) bond motifs is 1. The molecule has 0 N–H and O–H groups in total. The zero-order chi connectivity index (χ0) is 5.02. The minimum absolute atomic E-state index is 1.01. The number of hydrogen-bond acceptors (Lipinski definition) is 0. The van der Waals surface area contributed by atoms with Crippen LogP contribution >= 0.6 is 0 Å². The first-order valence-electron chi connectivity index (χ1n) is 3.09. The normalized spacial score (nSPS) is 43.7. The minimum atomic E-state index is 1.01. The highest BCUT2D eigenvalue weighted by molar-refractivity contribution is 5.58. The van der Waals surface area contributed by atoms with E-state index in [9.17, 15) is 0 Å². The Morgan fingerprint density at radius 1 is 1.57 bits per heavy atom. The third-order valence-corrected chi connectivity index (χ3v) is 2.26. The van der Waals surface area contributed by atoms with E-state index in [-0.39, 0.29) is 0 Å². The molecule has 38 valence electrons. The maximum Gasteiger partial charge on any atom is 0.00789 e. The number of allylic oxidation sites excluding steroid dienone is 2. The Morgan fingerprint density at radius 2 is 2.14 bits per heavy atom. The molecule has 2 aliphatic rings. The largest absolute Gasteiger partial charge is 0.0626 e. The van der Waals surface area contributed by atoms with Gasteiger partial charge in [-0.05, 0) is 12.3 Å². The number of hydrogen-bond donors (Lipinski definition) is 0. The van der Waals surface area contributed by atoms with Crippen molar-refractivity contribution < 1.29 is 0 Å². The Labute approximate surface area is 44.2 Å². The van der Waals surface area contributed by atoms with Gasteiger partial charge in [0.15, 0.2) is 0 Å². The fourth-order valence-corrected chi connectivity index (χ4v) is 1.62. The molecule has 0 heteroatoms. The summed E-state index contributed by atoms with van der Waals surface area (Å²) in [4.78, 5) is 0. The van der Waals surface area contributed by atoms with Gasteiger partial charge >= 0.3 is 0 Å². The molecule has 0 aromatic carbocycles. The van der Waals surface area contributed by atoms with Crippen molar-refractivity contribution in [3.63, 3.8) is 0 Å². The minimum Gasteiger partial charge on any atom is -0.0626 e. The zero-order valence-electron chi connectivity index (χ0n) is 4.86. The molecule has 0 nitrogen and oxygen atoms in total. The molecule has 0 heterocycles. The fraction of sp³-hybridized carbons (Fsp3) is 0.714. The third kappa shape index (κ3) is 0.255. The van der Waals surface area contributed by atoms with Crippen molar-refractivity contribution in [1.29, 1.82) is 0 Å². The summed E-state index contributed by atoms with van der Waals surface area (Å²) in [5, 5.41) is 0. The van der Waals surface area contributed by atoms with E-state index < -0.39 is 0 Å². The Kier molecular flexibility index (Phi) is 0.421. The van der Waals surface area contributed by atoms with Gasteiger partial charge in [-0.25, -0.2) is 0 Å². The average Bonchev–Trinajstić information content (AvgIpc) is 2.47. The second kappa shape index (κ2) is 0.795. The van der Waals surface area contributed by atoms with Gasteiger partial charge in [-0.2, -0.15) is 0 Å². The Bertz CT molecular complexity index is 136. The van der Waals surface area contributed by atoms with Crippen molar-refractivity contribution in [3.8, 4) is 0 Å². The van der Waals surface area contributed by atoms with Crippen LogP contribution in [0.3, 0.4) is 0 Å². The van der Waals surface area contributed by atoms with Crippen molar-refractivity contribution in [2.24, 2.45) is 11.8 Å². The van der Waals surface area contributed by atoms with Crippen LogP contribution in [0.15, 0.2) is 11.1 Å². The molecular weight excluding hydrogens is 84.1 g/mol. The lowest BCUT2D eigenvalue weighted by Crippen LogP contribution is -1.78. The highest BCUT2D eigenvalue weighted by atomic mass is 14.6. The maximum absolute atomic E-state index is 2.32. The van der Waals surface area contributed by atoms with E-state index >= 15 is 0 Å². The van der Waals surface area contributed by atoms with Crippen LogP contribution in [-0.2, 0) is 0 Å². The van der Waals surface area contributed by atoms with E-state index in [1.807, 2.05) is 0 Å². The molecule has 1 saturated carbocycles. The second-order valence-electron chi connectivity index (χ2n) is 2.60. The predicted molar refractivity (Wildman–Crippen MR) is 30.0 cm³/mol. The molecular formula is C7H10. The molecule has 1 fully saturated rings. The third-order valence-electron chi connectivity index (χ3n) is 2.26. The highest BCUT2D eigenvalue weighted by Crippen LogP contribution is 2.67. The summed E-state index contributed by atoms with van der Waals surface area (Å²) in [6.07, 6.45) is 1.32. The van der Waals surface area contributed by atoms with Gasteiger partial charge in [-0.3, -0.25) is 0 Å². The summed E-state index contributed by atoms with van der Waals surface area (Å²) in [6, 6.07) is 0. The summed E-state index contributed by atoms with van der Waals surface area (Å²) >= 11 is 0. The molecule has 2 unspecified atom stereocenters. The molecule has 0 radical (unpaired) electrons. The van der Waals surface area contributed by atoms with Crippen LogP contribution < -0.4 is 0 Å². The van der Waals surface area contributed by atoms with Crippen molar-refractivity contribution in [2.75, 3.05) is 0 Å². The summed E-state index contributed by atoms with van der Waals surface area (Å²) in [5.74, 6) is 2.04. The molecule has 0 saturated heterocycles. The van der Waals surface area contributed by atoms with E-state index in [1.165, 1.54) is 6.42 Å². The van der Waals surface area contributed by atoms with E-state index in [0.29, 0.717) is 0 Å². The SMILES string of the molecule is CCC1=C2C(C)C12. The van der Waals surface area contributed by atoms with Crippen molar-refractivity contribution in [1.82, 2.24) is 0 Å². The van der Waals surface area contributed by atoms with Crippen LogP contribution in [0.25, 0.3) is 0 Å². The molecule has 0 spiro atoms. The lowest BCUT2D eigenvalue weighted by atomic mass is 10.1. The van der Waals surface area contributed by atoms with E-state index in [1.54, 1.807) is 11.1 Å². The summed E-state index contributed by atoms with van der Waals surface area (Å²) in [5.41, 5.74) is 3.56. The molecule has 0 aromatic rings. The van der Waals surface area contributed by atoms with Gasteiger partial charge < -0.3 is 0 Å².